The number of carbonyl (C=O) groups is 1. The molecule has 0 saturated heterocycles. The number of hydrogen-bond donors (Lipinski definition) is 2. The van der Waals surface area contributed by atoms with E-state index in [1.54, 1.807) is 0 Å². The highest BCUT2D eigenvalue weighted by Crippen LogP contribution is 2.18. The van der Waals surface area contributed by atoms with Crippen molar-refractivity contribution in [1.82, 2.24) is 15.2 Å². The molecule has 1 aliphatic rings. The maximum atomic E-state index is 11.5. The fraction of sp³-hybridized carbons (Fsp3) is 0.583. The standard InChI is InChI=1S/C12H19N3O/c1-13-9-11-3-2-7-15(11)8-6-12(16)14-10-4-5-10/h2-3,7,10,13H,4-6,8-9H2,1H3,(H,14,16). The van der Waals surface area contributed by atoms with Gasteiger partial charge in [-0.1, -0.05) is 0 Å². The van der Waals surface area contributed by atoms with Crippen LogP contribution in [0.1, 0.15) is 25.0 Å². The average molecular weight is 221 g/mol. The van der Waals surface area contributed by atoms with E-state index in [1.807, 2.05) is 19.3 Å². The molecule has 0 unspecified atom stereocenters. The van der Waals surface area contributed by atoms with Gasteiger partial charge in [-0.25, -0.2) is 0 Å². The second-order valence-corrected chi connectivity index (χ2v) is 4.32. The van der Waals surface area contributed by atoms with Gasteiger partial charge in [0.2, 0.25) is 5.91 Å². The summed E-state index contributed by atoms with van der Waals surface area (Å²) in [7, 11) is 1.93. The van der Waals surface area contributed by atoms with Crippen LogP contribution in [0.15, 0.2) is 18.3 Å². The van der Waals surface area contributed by atoms with E-state index < -0.39 is 0 Å². The van der Waals surface area contributed by atoms with Crippen molar-refractivity contribution in [1.29, 1.82) is 0 Å². The zero-order chi connectivity index (χ0) is 11.4. The molecule has 2 N–H and O–H groups in total. The molecule has 0 bridgehead atoms. The van der Waals surface area contributed by atoms with Gasteiger partial charge in [0.25, 0.3) is 0 Å². The summed E-state index contributed by atoms with van der Waals surface area (Å²) >= 11 is 0. The minimum atomic E-state index is 0.173. The topological polar surface area (TPSA) is 46.1 Å². The molecule has 4 heteroatoms. The lowest BCUT2D eigenvalue weighted by Crippen LogP contribution is -2.26. The SMILES string of the molecule is CNCc1cccn1CCC(=O)NC1CC1. The van der Waals surface area contributed by atoms with Crippen molar-refractivity contribution in [2.75, 3.05) is 7.05 Å². The van der Waals surface area contributed by atoms with Gasteiger partial charge >= 0.3 is 0 Å². The number of nitrogens with zero attached hydrogens (tertiary/aromatic N) is 1. The predicted octanol–water partition coefficient (Wildman–Crippen LogP) is 0.876. The third-order valence-electron chi connectivity index (χ3n) is 2.80. The molecule has 1 aliphatic carbocycles. The van der Waals surface area contributed by atoms with Crippen LogP contribution in [0.4, 0.5) is 0 Å². The zero-order valence-corrected chi connectivity index (χ0v) is 9.70. The Balaban J connectivity index is 1.78. The minimum absolute atomic E-state index is 0.173. The number of nitrogens with one attached hydrogen (secondary N) is 2. The molecule has 0 aliphatic heterocycles. The van der Waals surface area contributed by atoms with Crippen LogP contribution in [0.2, 0.25) is 0 Å². The van der Waals surface area contributed by atoms with E-state index in [0.717, 1.165) is 25.9 Å². The van der Waals surface area contributed by atoms with Crippen LogP contribution in [-0.2, 0) is 17.9 Å². The van der Waals surface area contributed by atoms with Crippen molar-refractivity contribution >= 4 is 5.91 Å². The summed E-state index contributed by atoms with van der Waals surface area (Å²) in [6.07, 6.45) is 4.90. The van der Waals surface area contributed by atoms with Gasteiger partial charge in [0.05, 0.1) is 0 Å². The molecule has 88 valence electrons. The molecule has 0 aromatic carbocycles. The Kier molecular flexibility index (Phi) is 3.62. The lowest BCUT2D eigenvalue weighted by molar-refractivity contribution is -0.121. The lowest BCUT2D eigenvalue weighted by Gasteiger charge is -2.08. The second-order valence-electron chi connectivity index (χ2n) is 4.32. The van der Waals surface area contributed by atoms with Crippen LogP contribution in [-0.4, -0.2) is 23.6 Å². The molecule has 2 rings (SSSR count). The van der Waals surface area contributed by atoms with Crippen LogP contribution in [0.3, 0.4) is 0 Å². The van der Waals surface area contributed by atoms with Crippen LogP contribution < -0.4 is 10.6 Å². The van der Waals surface area contributed by atoms with Crippen molar-refractivity contribution < 1.29 is 4.79 Å². The Morgan fingerprint density at radius 3 is 3.06 bits per heavy atom. The zero-order valence-electron chi connectivity index (χ0n) is 9.70. The summed E-state index contributed by atoms with van der Waals surface area (Å²) in [5.41, 5.74) is 1.22. The largest absolute Gasteiger partial charge is 0.353 e. The quantitative estimate of drug-likeness (QED) is 0.749. The molecule has 1 amide bonds. The maximum absolute atomic E-state index is 11.5. The van der Waals surface area contributed by atoms with Crippen LogP contribution in [0, 0.1) is 0 Å². The smallest absolute Gasteiger partial charge is 0.222 e. The number of carbonyl (C=O) groups excluding carboxylic acids is 1. The van der Waals surface area contributed by atoms with E-state index in [0.29, 0.717) is 12.5 Å². The highest BCUT2D eigenvalue weighted by molar-refractivity contribution is 5.76. The first-order chi connectivity index (χ1) is 7.79. The second kappa shape index (κ2) is 5.16. The predicted molar refractivity (Wildman–Crippen MR) is 63.0 cm³/mol. The number of amides is 1. The van der Waals surface area contributed by atoms with Gasteiger partial charge < -0.3 is 15.2 Å². The summed E-state index contributed by atoms with van der Waals surface area (Å²) in [4.78, 5) is 11.5. The number of hydrogen-bond acceptors (Lipinski definition) is 2. The van der Waals surface area contributed by atoms with Crippen molar-refractivity contribution in [3.63, 3.8) is 0 Å². The van der Waals surface area contributed by atoms with E-state index in [1.165, 1.54) is 5.69 Å². The van der Waals surface area contributed by atoms with Crippen molar-refractivity contribution in [2.24, 2.45) is 0 Å². The minimum Gasteiger partial charge on any atom is -0.353 e. The first kappa shape index (κ1) is 11.2. The highest BCUT2D eigenvalue weighted by Gasteiger charge is 2.22. The molecular weight excluding hydrogens is 202 g/mol. The number of aryl methyl sites for hydroxylation is 1. The van der Waals surface area contributed by atoms with E-state index in [4.69, 9.17) is 0 Å². The first-order valence-corrected chi connectivity index (χ1v) is 5.87. The molecule has 0 atom stereocenters. The van der Waals surface area contributed by atoms with Gasteiger partial charge in [0.15, 0.2) is 0 Å². The van der Waals surface area contributed by atoms with Gasteiger partial charge in [-0.05, 0) is 32.0 Å². The molecule has 1 aromatic rings. The van der Waals surface area contributed by atoms with Gasteiger partial charge in [0.1, 0.15) is 0 Å². The Hall–Kier alpha value is -1.29. The highest BCUT2D eigenvalue weighted by atomic mass is 16.1. The maximum Gasteiger partial charge on any atom is 0.222 e. The van der Waals surface area contributed by atoms with Crippen LogP contribution in [0.5, 0.6) is 0 Å². The Bertz CT molecular complexity index is 355. The Morgan fingerprint density at radius 1 is 1.56 bits per heavy atom. The molecule has 4 nitrogen and oxygen atoms in total. The van der Waals surface area contributed by atoms with Gasteiger partial charge in [0, 0.05) is 37.4 Å². The number of rotatable bonds is 6. The van der Waals surface area contributed by atoms with Gasteiger partial charge in [-0.15, -0.1) is 0 Å². The summed E-state index contributed by atoms with van der Waals surface area (Å²) in [5.74, 6) is 0.173. The van der Waals surface area contributed by atoms with E-state index in [9.17, 15) is 4.79 Å². The molecule has 1 saturated carbocycles. The fourth-order valence-corrected chi connectivity index (χ4v) is 1.76. The van der Waals surface area contributed by atoms with E-state index >= 15 is 0 Å². The third kappa shape index (κ3) is 3.10. The Labute approximate surface area is 96.0 Å². The third-order valence-corrected chi connectivity index (χ3v) is 2.80. The fourth-order valence-electron chi connectivity index (χ4n) is 1.76. The van der Waals surface area contributed by atoms with E-state index in [-0.39, 0.29) is 5.91 Å². The van der Waals surface area contributed by atoms with Crippen molar-refractivity contribution in [3.05, 3.63) is 24.0 Å². The average Bonchev–Trinajstić information content (AvgIpc) is 2.95. The molecule has 16 heavy (non-hydrogen) atoms. The van der Waals surface area contributed by atoms with Crippen molar-refractivity contribution in [2.45, 2.75) is 38.4 Å². The summed E-state index contributed by atoms with van der Waals surface area (Å²) in [5, 5.41) is 6.12. The molecule has 1 fully saturated rings. The monoisotopic (exact) mass is 221 g/mol. The lowest BCUT2D eigenvalue weighted by atomic mass is 10.3. The summed E-state index contributed by atoms with van der Waals surface area (Å²) < 4.78 is 2.13. The molecular formula is C12H19N3O. The van der Waals surface area contributed by atoms with Gasteiger partial charge in [-0.2, -0.15) is 0 Å². The normalized spacial score (nSPS) is 15.1. The summed E-state index contributed by atoms with van der Waals surface area (Å²) in [6.45, 7) is 1.61. The molecule has 1 heterocycles. The number of aromatic nitrogens is 1. The first-order valence-electron chi connectivity index (χ1n) is 5.87. The molecule has 1 aromatic heterocycles. The van der Waals surface area contributed by atoms with Crippen LogP contribution >= 0.6 is 0 Å². The molecule has 0 radical (unpaired) electrons. The Morgan fingerprint density at radius 2 is 2.38 bits per heavy atom. The molecule has 0 spiro atoms. The van der Waals surface area contributed by atoms with E-state index in [2.05, 4.69) is 21.3 Å². The van der Waals surface area contributed by atoms with Gasteiger partial charge in [-0.3, -0.25) is 4.79 Å². The van der Waals surface area contributed by atoms with Crippen molar-refractivity contribution in [3.8, 4) is 0 Å². The van der Waals surface area contributed by atoms with Crippen LogP contribution in [0.25, 0.3) is 0 Å². The summed E-state index contributed by atoms with van der Waals surface area (Å²) in [6, 6.07) is 4.56.